The van der Waals surface area contributed by atoms with Gasteiger partial charge in [0.2, 0.25) is 0 Å². The molecule has 1 aliphatic heterocycles. The van der Waals surface area contributed by atoms with Crippen molar-refractivity contribution in [3.05, 3.63) is 48.7 Å². The fourth-order valence-corrected chi connectivity index (χ4v) is 2.69. The van der Waals surface area contributed by atoms with E-state index in [1.54, 1.807) is 18.6 Å². The van der Waals surface area contributed by atoms with E-state index in [2.05, 4.69) is 26.3 Å². The number of aryl methyl sites for hydroxylation is 1. The van der Waals surface area contributed by atoms with E-state index in [1.807, 2.05) is 31.2 Å². The van der Waals surface area contributed by atoms with Crippen LogP contribution < -0.4 is 10.1 Å². The Morgan fingerprint density at radius 2 is 2.04 bits per heavy atom. The predicted octanol–water partition coefficient (Wildman–Crippen LogP) is 3.00. The fourth-order valence-electron chi connectivity index (χ4n) is 2.69. The molecule has 1 saturated heterocycles. The Labute approximate surface area is 150 Å². The van der Waals surface area contributed by atoms with E-state index in [4.69, 9.17) is 9.47 Å². The van der Waals surface area contributed by atoms with Crippen molar-refractivity contribution in [2.75, 3.05) is 25.1 Å². The Morgan fingerprint density at radius 3 is 2.73 bits per heavy atom. The van der Waals surface area contributed by atoms with E-state index in [9.17, 15) is 5.26 Å². The molecule has 0 unspecified atom stereocenters. The smallest absolute Gasteiger partial charge is 0.138 e. The Balaban J connectivity index is 1.55. The van der Waals surface area contributed by atoms with Gasteiger partial charge in [-0.15, -0.1) is 0 Å². The Morgan fingerprint density at radius 1 is 1.23 bits per heavy atom. The summed E-state index contributed by atoms with van der Waals surface area (Å²) in [7, 11) is 0. The summed E-state index contributed by atoms with van der Waals surface area (Å²) in [5, 5.41) is 14.4. The van der Waals surface area contributed by atoms with Crippen molar-refractivity contribution in [3.8, 4) is 11.8 Å². The van der Waals surface area contributed by atoms with E-state index >= 15 is 0 Å². The topological polar surface area (TPSA) is 93.0 Å². The van der Waals surface area contributed by atoms with Crippen molar-refractivity contribution in [1.82, 2.24) is 15.0 Å². The first-order valence-electron chi connectivity index (χ1n) is 8.24. The Kier molecular flexibility index (Phi) is 4.11. The molecule has 3 aromatic rings. The lowest BCUT2D eigenvalue weighted by atomic mass is 9.89. The number of hydrogen-bond acceptors (Lipinski definition) is 7. The van der Waals surface area contributed by atoms with Gasteiger partial charge in [0.1, 0.15) is 29.4 Å². The third-order valence-electron chi connectivity index (χ3n) is 4.29. The van der Waals surface area contributed by atoms with Gasteiger partial charge in [-0.25, -0.2) is 15.0 Å². The minimum Gasteiger partial charge on any atom is -0.492 e. The molecule has 7 heteroatoms. The standard InChI is InChI=1S/C19H17N5O2/c1-13-22-7-15(8-23-13)24-18-17-3-2-16(6-14(17)4-5-21-18)26-12-19(9-20)10-25-11-19/h2-8H,10-12H2,1H3,(H,21,24). The summed E-state index contributed by atoms with van der Waals surface area (Å²) in [4.78, 5) is 12.8. The molecule has 0 amide bonds. The molecule has 7 nitrogen and oxygen atoms in total. The summed E-state index contributed by atoms with van der Waals surface area (Å²) < 4.78 is 11.0. The second-order valence-corrected chi connectivity index (χ2v) is 6.36. The average Bonchev–Trinajstić information content (AvgIpc) is 2.63. The maximum atomic E-state index is 9.24. The zero-order valence-electron chi connectivity index (χ0n) is 14.3. The lowest BCUT2D eigenvalue weighted by molar-refractivity contribution is -0.0962. The molecule has 0 radical (unpaired) electrons. The van der Waals surface area contributed by atoms with E-state index < -0.39 is 5.41 Å². The first-order chi connectivity index (χ1) is 12.7. The number of nitrogens with one attached hydrogen (secondary N) is 1. The molecule has 0 atom stereocenters. The fraction of sp³-hybridized carbons (Fsp3) is 0.263. The number of nitriles is 1. The van der Waals surface area contributed by atoms with Gasteiger partial charge < -0.3 is 14.8 Å². The monoisotopic (exact) mass is 347 g/mol. The van der Waals surface area contributed by atoms with Crippen molar-refractivity contribution in [1.29, 1.82) is 5.26 Å². The van der Waals surface area contributed by atoms with E-state index in [-0.39, 0.29) is 0 Å². The number of anilines is 2. The lowest BCUT2D eigenvalue weighted by Crippen LogP contribution is -2.45. The van der Waals surface area contributed by atoms with Crippen LogP contribution in [-0.4, -0.2) is 34.8 Å². The van der Waals surface area contributed by atoms with Crippen LogP contribution in [0.25, 0.3) is 10.8 Å². The number of ether oxygens (including phenoxy) is 2. The minimum absolute atomic E-state index is 0.325. The van der Waals surface area contributed by atoms with Crippen molar-refractivity contribution < 1.29 is 9.47 Å². The van der Waals surface area contributed by atoms with Gasteiger partial charge in [0.15, 0.2) is 0 Å². The summed E-state index contributed by atoms with van der Waals surface area (Å²) in [6.07, 6.45) is 5.19. The third-order valence-corrected chi connectivity index (χ3v) is 4.29. The minimum atomic E-state index is -0.522. The number of nitrogens with zero attached hydrogens (tertiary/aromatic N) is 4. The summed E-state index contributed by atoms with van der Waals surface area (Å²) in [5.74, 6) is 2.16. The number of rotatable bonds is 5. The highest BCUT2D eigenvalue weighted by Crippen LogP contribution is 2.30. The van der Waals surface area contributed by atoms with Crippen LogP contribution >= 0.6 is 0 Å². The first-order valence-corrected chi connectivity index (χ1v) is 8.24. The van der Waals surface area contributed by atoms with Gasteiger partial charge >= 0.3 is 0 Å². The molecule has 1 N–H and O–H groups in total. The average molecular weight is 347 g/mol. The predicted molar refractivity (Wildman–Crippen MR) is 96.2 cm³/mol. The molecular formula is C19H17N5O2. The van der Waals surface area contributed by atoms with Crippen LogP contribution in [0.3, 0.4) is 0 Å². The lowest BCUT2D eigenvalue weighted by Gasteiger charge is -2.34. The van der Waals surface area contributed by atoms with Crippen LogP contribution in [0.5, 0.6) is 5.75 Å². The van der Waals surface area contributed by atoms with E-state index in [1.165, 1.54) is 0 Å². The Bertz CT molecular complexity index is 977. The SMILES string of the molecule is Cc1ncc(Nc2nccc3cc(OCC4(C#N)COC4)ccc23)cn1. The maximum Gasteiger partial charge on any atom is 0.138 e. The highest BCUT2D eigenvalue weighted by atomic mass is 16.5. The molecule has 0 spiro atoms. The van der Waals surface area contributed by atoms with Crippen molar-refractivity contribution in [2.45, 2.75) is 6.92 Å². The van der Waals surface area contributed by atoms with Gasteiger partial charge in [-0.3, -0.25) is 0 Å². The second-order valence-electron chi connectivity index (χ2n) is 6.36. The Hall–Kier alpha value is -3.24. The largest absolute Gasteiger partial charge is 0.492 e. The van der Waals surface area contributed by atoms with E-state index in [0.29, 0.717) is 19.8 Å². The first kappa shape index (κ1) is 16.2. The molecule has 2 aromatic heterocycles. The van der Waals surface area contributed by atoms with Gasteiger partial charge in [-0.1, -0.05) is 0 Å². The van der Waals surface area contributed by atoms with E-state index in [0.717, 1.165) is 33.9 Å². The number of benzene rings is 1. The summed E-state index contributed by atoms with van der Waals surface area (Å²) >= 11 is 0. The summed E-state index contributed by atoms with van der Waals surface area (Å²) in [6.45, 7) is 3.01. The molecule has 130 valence electrons. The quantitative estimate of drug-likeness (QED) is 0.758. The van der Waals surface area contributed by atoms with Crippen LogP contribution in [0, 0.1) is 23.7 Å². The van der Waals surface area contributed by atoms with Crippen molar-refractivity contribution >= 4 is 22.3 Å². The van der Waals surface area contributed by atoms with Gasteiger partial charge in [0, 0.05) is 11.6 Å². The molecular weight excluding hydrogens is 330 g/mol. The molecule has 0 bridgehead atoms. The molecule has 1 fully saturated rings. The van der Waals surface area contributed by atoms with Crippen LogP contribution in [0.4, 0.5) is 11.5 Å². The van der Waals surface area contributed by atoms with Crippen molar-refractivity contribution in [3.63, 3.8) is 0 Å². The van der Waals surface area contributed by atoms with Gasteiger partial charge in [-0.05, 0) is 36.6 Å². The number of hydrogen-bond donors (Lipinski definition) is 1. The maximum absolute atomic E-state index is 9.24. The second kappa shape index (κ2) is 6.58. The van der Waals surface area contributed by atoms with Gasteiger partial charge in [0.05, 0.1) is 37.4 Å². The van der Waals surface area contributed by atoms with Crippen LogP contribution in [0.1, 0.15) is 5.82 Å². The molecule has 1 aromatic carbocycles. The number of aromatic nitrogens is 3. The van der Waals surface area contributed by atoms with Crippen LogP contribution in [-0.2, 0) is 4.74 Å². The van der Waals surface area contributed by atoms with Crippen LogP contribution in [0.2, 0.25) is 0 Å². The van der Waals surface area contributed by atoms with Crippen LogP contribution in [0.15, 0.2) is 42.9 Å². The zero-order chi connectivity index (χ0) is 18.0. The van der Waals surface area contributed by atoms with Gasteiger partial charge in [0.25, 0.3) is 0 Å². The molecule has 4 rings (SSSR count). The molecule has 26 heavy (non-hydrogen) atoms. The molecule has 0 saturated carbocycles. The highest BCUT2D eigenvalue weighted by molar-refractivity contribution is 5.93. The summed E-state index contributed by atoms with van der Waals surface area (Å²) in [6, 6.07) is 9.98. The number of fused-ring (bicyclic) bond motifs is 1. The normalized spacial score (nSPS) is 15.1. The van der Waals surface area contributed by atoms with Gasteiger partial charge in [-0.2, -0.15) is 5.26 Å². The zero-order valence-corrected chi connectivity index (χ0v) is 14.3. The third kappa shape index (κ3) is 3.15. The van der Waals surface area contributed by atoms with Crippen molar-refractivity contribution in [2.24, 2.45) is 5.41 Å². The molecule has 0 aliphatic carbocycles. The molecule has 3 heterocycles. The molecule has 1 aliphatic rings. The summed E-state index contributed by atoms with van der Waals surface area (Å²) in [5.41, 5.74) is 0.252. The number of pyridine rings is 1. The highest BCUT2D eigenvalue weighted by Gasteiger charge is 2.40.